The van der Waals surface area contributed by atoms with E-state index >= 15 is 0 Å². The molecule has 180 valence electrons. The van der Waals surface area contributed by atoms with E-state index in [0.29, 0.717) is 25.7 Å². The Morgan fingerprint density at radius 1 is 1.27 bits per heavy atom. The van der Waals surface area contributed by atoms with Gasteiger partial charge in [-0.05, 0) is 30.9 Å². The van der Waals surface area contributed by atoms with Crippen LogP contribution in [0.25, 0.3) is 0 Å². The van der Waals surface area contributed by atoms with Crippen LogP contribution in [-0.4, -0.2) is 53.6 Å². The van der Waals surface area contributed by atoms with Crippen LogP contribution in [0.1, 0.15) is 57.4 Å². The van der Waals surface area contributed by atoms with Crippen molar-refractivity contribution in [2.75, 3.05) is 13.7 Å². The van der Waals surface area contributed by atoms with Gasteiger partial charge in [-0.3, -0.25) is 9.59 Å². The minimum atomic E-state index is -3.39. The fourth-order valence-electron chi connectivity index (χ4n) is 3.66. The van der Waals surface area contributed by atoms with E-state index < -0.39 is 30.4 Å². The molecule has 1 heterocycles. The van der Waals surface area contributed by atoms with Gasteiger partial charge in [0.25, 0.3) is 5.91 Å². The molecular weight excluding hydrogens is 428 g/mol. The number of nitrogens with zero attached hydrogens (tertiary/aromatic N) is 1. The van der Waals surface area contributed by atoms with Gasteiger partial charge in [-0.1, -0.05) is 62.0 Å². The van der Waals surface area contributed by atoms with Gasteiger partial charge in [0.2, 0.25) is 0 Å². The summed E-state index contributed by atoms with van der Waals surface area (Å²) in [6, 6.07) is 8.77. The SMILES string of the molecule is COC(=O)CCCCCCN1C(=O)C(F)(F)C[C@@H]1/C=C/[C@@H](O)[C@@H](C)CC#Cc1ccccc1. The molecule has 0 aliphatic carbocycles. The molecule has 1 aliphatic heterocycles. The molecule has 1 saturated heterocycles. The van der Waals surface area contributed by atoms with Crippen LogP contribution in [0.3, 0.4) is 0 Å². The number of benzene rings is 1. The molecule has 0 saturated carbocycles. The van der Waals surface area contributed by atoms with Crippen molar-refractivity contribution < 1.29 is 28.2 Å². The Morgan fingerprint density at radius 3 is 2.67 bits per heavy atom. The second kappa shape index (κ2) is 13.1. The van der Waals surface area contributed by atoms with E-state index in [4.69, 9.17) is 0 Å². The van der Waals surface area contributed by atoms with Crippen molar-refractivity contribution in [3.8, 4) is 11.8 Å². The summed E-state index contributed by atoms with van der Waals surface area (Å²) in [5.74, 6) is 1.07. The number of hydrogen-bond donors (Lipinski definition) is 1. The second-order valence-corrected chi connectivity index (χ2v) is 8.44. The number of carbonyl (C=O) groups is 2. The Balaban J connectivity index is 1.85. The van der Waals surface area contributed by atoms with Gasteiger partial charge in [0.05, 0.1) is 19.3 Å². The lowest BCUT2D eigenvalue weighted by Gasteiger charge is -2.22. The van der Waals surface area contributed by atoms with Crippen LogP contribution in [-0.2, 0) is 14.3 Å². The van der Waals surface area contributed by atoms with E-state index in [1.54, 1.807) is 0 Å². The molecule has 2 rings (SSSR count). The van der Waals surface area contributed by atoms with Crippen molar-refractivity contribution in [2.24, 2.45) is 5.92 Å². The smallest absolute Gasteiger partial charge is 0.327 e. The molecule has 0 unspecified atom stereocenters. The molecule has 1 aliphatic rings. The maximum atomic E-state index is 14.0. The standard InChI is InChI=1S/C26H33F2NO4/c1-20(11-10-14-21-12-6-5-7-13-21)23(30)17-16-22-19-26(27,28)25(32)29(22)18-9-4-3-8-15-24(31)33-2/h5-7,12-13,16-17,20,22-23,30H,3-4,8-9,11,15,18-19H2,1-2H3/b17-16+/t20-,22-,23+/m0/s1. The number of halogens is 2. The second-order valence-electron chi connectivity index (χ2n) is 8.44. The lowest BCUT2D eigenvalue weighted by atomic mass is 9.99. The minimum Gasteiger partial charge on any atom is -0.469 e. The van der Waals surface area contributed by atoms with Gasteiger partial charge in [-0.15, -0.1) is 0 Å². The highest BCUT2D eigenvalue weighted by Gasteiger charge is 2.52. The number of unbranched alkanes of at least 4 members (excludes halogenated alkanes) is 3. The molecule has 0 aromatic heterocycles. The zero-order valence-corrected chi connectivity index (χ0v) is 19.3. The molecule has 1 fully saturated rings. The Kier molecular flexibility index (Phi) is 10.5. The lowest BCUT2D eigenvalue weighted by Crippen LogP contribution is -2.36. The van der Waals surface area contributed by atoms with Gasteiger partial charge in [0.1, 0.15) is 0 Å². The lowest BCUT2D eigenvalue weighted by molar-refractivity contribution is -0.148. The first-order valence-electron chi connectivity index (χ1n) is 11.4. The summed E-state index contributed by atoms with van der Waals surface area (Å²) in [7, 11) is 1.34. The Labute approximate surface area is 194 Å². The van der Waals surface area contributed by atoms with Gasteiger partial charge >= 0.3 is 11.9 Å². The fraction of sp³-hybridized carbons (Fsp3) is 0.538. The van der Waals surface area contributed by atoms with Crippen molar-refractivity contribution in [2.45, 2.75) is 69.9 Å². The van der Waals surface area contributed by atoms with E-state index in [2.05, 4.69) is 16.6 Å². The van der Waals surface area contributed by atoms with Gasteiger partial charge in [-0.2, -0.15) is 8.78 Å². The van der Waals surface area contributed by atoms with E-state index in [1.165, 1.54) is 24.2 Å². The number of hydrogen-bond acceptors (Lipinski definition) is 4. The number of alkyl halides is 2. The number of likely N-dealkylation sites (tertiary alicyclic amines) is 1. The van der Waals surface area contributed by atoms with E-state index in [-0.39, 0.29) is 18.4 Å². The number of ether oxygens (including phenoxy) is 1. The average molecular weight is 462 g/mol. The van der Waals surface area contributed by atoms with E-state index in [1.807, 2.05) is 37.3 Å². The molecule has 1 aromatic carbocycles. The number of methoxy groups -OCH3 is 1. The third-order valence-corrected chi connectivity index (χ3v) is 5.74. The molecule has 0 bridgehead atoms. The monoisotopic (exact) mass is 461 g/mol. The number of esters is 1. The van der Waals surface area contributed by atoms with E-state index in [9.17, 15) is 23.5 Å². The Hall–Kier alpha value is -2.72. The van der Waals surface area contributed by atoms with Gasteiger partial charge in [-0.25, -0.2) is 0 Å². The third kappa shape index (κ3) is 8.62. The quantitative estimate of drug-likeness (QED) is 0.230. The number of carbonyl (C=O) groups excluding carboxylic acids is 2. The molecule has 33 heavy (non-hydrogen) atoms. The molecule has 1 aromatic rings. The van der Waals surface area contributed by atoms with Crippen LogP contribution in [0, 0.1) is 17.8 Å². The molecule has 1 amide bonds. The third-order valence-electron chi connectivity index (χ3n) is 5.74. The normalized spacial score (nSPS) is 19.2. The fourth-order valence-corrected chi connectivity index (χ4v) is 3.66. The first-order chi connectivity index (χ1) is 15.7. The molecule has 0 radical (unpaired) electrons. The number of aliphatic hydroxyl groups excluding tert-OH is 1. The van der Waals surface area contributed by atoms with Crippen molar-refractivity contribution in [1.29, 1.82) is 0 Å². The largest absolute Gasteiger partial charge is 0.469 e. The summed E-state index contributed by atoms with van der Waals surface area (Å²) >= 11 is 0. The van der Waals surface area contributed by atoms with Crippen LogP contribution in [0.4, 0.5) is 8.78 Å². The summed E-state index contributed by atoms with van der Waals surface area (Å²) in [5, 5.41) is 10.4. The summed E-state index contributed by atoms with van der Waals surface area (Å²) in [5.41, 5.74) is 0.891. The summed E-state index contributed by atoms with van der Waals surface area (Å²) in [6.07, 6.45) is 5.08. The summed E-state index contributed by atoms with van der Waals surface area (Å²) in [4.78, 5) is 24.5. The number of amides is 1. The van der Waals surface area contributed by atoms with Crippen molar-refractivity contribution in [1.82, 2.24) is 4.90 Å². The number of rotatable bonds is 11. The molecule has 7 heteroatoms. The highest BCUT2D eigenvalue weighted by molar-refractivity contribution is 5.86. The van der Waals surface area contributed by atoms with Crippen LogP contribution in [0.5, 0.6) is 0 Å². The van der Waals surface area contributed by atoms with Gasteiger partial charge in [0, 0.05) is 31.4 Å². The Bertz CT molecular complexity index is 860. The Morgan fingerprint density at radius 2 is 1.97 bits per heavy atom. The molecule has 1 N–H and O–H groups in total. The van der Waals surface area contributed by atoms with Crippen LogP contribution >= 0.6 is 0 Å². The van der Waals surface area contributed by atoms with Crippen molar-refractivity contribution in [3.05, 3.63) is 48.0 Å². The molecule has 5 nitrogen and oxygen atoms in total. The highest BCUT2D eigenvalue weighted by Crippen LogP contribution is 2.34. The molecule has 3 atom stereocenters. The predicted octanol–water partition coefficient (Wildman–Crippen LogP) is 4.34. The minimum absolute atomic E-state index is 0.182. The van der Waals surface area contributed by atoms with Crippen LogP contribution in [0.2, 0.25) is 0 Å². The average Bonchev–Trinajstić information content (AvgIpc) is 3.02. The van der Waals surface area contributed by atoms with Gasteiger partial charge < -0.3 is 14.7 Å². The van der Waals surface area contributed by atoms with Crippen LogP contribution in [0.15, 0.2) is 42.5 Å². The summed E-state index contributed by atoms with van der Waals surface area (Å²) < 4.78 is 32.7. The van der Waals surface area contributed by atoms with E-state index in [0.717, 1.165) is 18.4 Å². The maximum absolute atomic E-state index is 14.0. The zero-order chi connectivity index (χ0) is 24.3. The number of aliphatic hydroxyl groups is 1. The predicted molar refractivity (Wildman–Crippen MR) is 122 cm³/mol. The first kappa shape index (κ1) is 26.5. The van der Waals surface area contributed by atoms with Gasteiger partial charge in [0.15, 0.2) is 0 Å². The molecule has 0 spiro atoms. The topological polar surface area (TPSA) is 66.8 Å². The first-order valence-corrected chi connectivity index (χ1v) is 11.4. The van der Waals surface area contributed by atoms with Crippen LogP contribution < -0.4 is 0 Å². The highest BCUT2D eigenvalue weighted by atomic mass is 19.3. The van der Waals surface area contributed by atoms with Crippen molar-refractivity contribution >= 4 is 11.9 Å². The zero-order valence-electron chi connectivity index (χ0n) is 19.3. The molecular formula is C26H33F2NO4. The summed E-state index contributed by atoms with van der Waals surface area (Å²) in [6.45, 7) is 2.06. The maximum Gasteiger partial charge on any atom is 0.327 e. The van der Waals surface area contributed by atoms with Crippen molar-refractivity contribution in [3.63, 3.8) is 0 Å².